The Morgan fingerprint density at radius 2 is 1.73 bits per heavy atom. The van der Waals surface area contributed by atoms with Gasteiger partial charge in [-0.2, -0.15) is 0 Å². The first-order valence-electron chi connectivity index (χ1n) is 11.0. The van der Waals surface area contributed by atoms with Gasteiger partial charge in [-0.1, -0.05) is 6.07 Å². The molecule has 0 aliphatic carbocycles. The number of amides is 2. The monoisotopic (exact) mass is 412 g/mol. The molecule has 0 unspecified atom stereocenters. The molecule has 0 aromatic carbocycles. The first-order valence-corrected chi connectivity index (χ1v) is 11.0. The van der Waals surface area contributed by atoms with Crippen molar-refractivity contribution in [1.29, 1.82) is 0 Å². The van der Waals surface area contributed by atoms with Crippen LogP contribution in [0.25, 0.3) is 5.65 Å². The summed E-state index contributed by atoms with van der Waals surface area (Å²) < 4.78 is 2.05. The predicted octanol–water partition coefficient (Wildman–Crippen LogP) is 1.21. The van der Waals surface area contributed by atoms with Gasteiger partial charge in [-0.25, -0.2) is 4.98 Å². The zero-order valence-corrected chi connectivity index (χ0v) is 18.0. The smallest absolute Gasteiger partial charge is 0.274 e. The number of imidazole rings is 1. The van der Waals surface area contributed by atoms with Crippen molar-refractivity contribution in [2.75, 3.05) is 45.8 Å². The van der Waals surface area contributed by atoms with E-state index in [1.807, 2.05) is 47.5 Å². The number of hydrogen-bond acceptors (Lipinski definition) is 5. The summed E-state index contributed by atoms with van der Waals surface area (Å²) in [4.78, 5) is 36.3. The van der Waals surface area contributed by atoms with Gasteiger partial charge in [0.15, 0.2) is 5.69 Å². The number of pyridine rings is 1. The van der Waals surface area contributed by atoms with Gasteiger partial charge in [0.1, 0.15) is 5.65 Å². The number of nitrogens with zero attached hydrogens (tertiary/aromatic N) is 5. The molecule has 0 bridgehead atoms. The lowest BCUT2D eigenvalue weighted by atomic mass is 10.2. The van der Waals surface area contributed by atoms with E-state index in [1.165, 1.54) is 0 Å². The van der Waals surface area contributed by atoms with Gasteiger partial charge in [0.05, 0.1) is 12.2 Å². The molecule has 2 amide bonds. The van der Waals surface area contributed by atoms with Crippen molar-refractivity contribution >= 4 is 17.5 Å². The molecule has 2 aromatic heterocycles. The molecule has 4 heterocycles. The van der Waals surface area contributed by atoms with Crippen LogP contribution in [-0.2, 0) is 11.3 Å². The van der Waals surface area contributed by atoms with Crippen LogP contribution < -0.4 is 5.32 Å². The number of aromatic nitrogens is 2. The SMILES string of the molecule is CC(C)NC(=O)CN1CCN(Cc2c(C(=O)N3CCCC3)nc3ccccn23)CC1. The number of carbonyl (C=O) groups excluding carboxylic acids is 2. The van der Waals surface area contributed by atoms with Gasteiger partial charge < -0.3 is 14.6 Å². The normalized spacial score (nSPS) is 18.4. The quantitative estimate of drug-likeness (QED) is 0.772. The topological polar surface area (TPSA) is 73.2 Å². The van der Waals surface area contributed by atoms with E-state index in [0.717, 1.165) is 63.5 Å². The third-order valence-corrected chi connectivity index (χ3v) is 5.88. The van der Waals surface area contributed by atoms with E-state index in [4.69, 9.17) is 0 Å². The largest absolute Gasteiger partial charge is 0.353 e. The fraction of sp³-hybridized carbons (Fsp3) is 0.591. The van der Waals surface area contributed by atoms with E-state index >= 15 is 0 Å². The van der Waals surface area contributed by atoms with E-state index in [1.54, 1.807) is 0 Å². The molecule has 2 saturated heterocycles. The van der Waals surface area contributed by atoms with Gasteiger partial charge in [-0.15, -0.1) is 0 Å². The average Bonchev–Trinajstić information content (AvgIpc) is 3.37. The van der Waals surface area contributed by atoms with E-state index in [0.29, 0.717) is 18.8 Å². The Labute approximate surface area is 177 Å². The van der Waals surface area contributed by atoms with Crippen molar-refractivity contribution in [2.24, 2.45) is 0 Å². The van der Waals surface area contributed by atoms with Crippen molar-refractivity contribution in [2.45, 2.75) is 39.3 Å². The molecule has 2 fully saturated rings. The summed E-state index contributed by atoms with van der Waals surface area (Å²) in [5.41, 5.74) is 2.37. The lowest BCUT2D eigenvalue weighted by Gasteiger charge is -2.34. The van der Waals surface area contributed by atoms with Crippen LogP contribution in [0.4, 0.5) is 0 Å². The van der Waals surface area contributed by atoms with Crippen LogP contribution in [0.15, 0.2) is 24.4 Å². The van der Waals surface area contributed by atoms with Gasteiger partial charge in [0, 0.05) is 58.1 Å². The van der Waals surface area contributed by atoms with Crippen molar-refractivity contribution in [3.63, 3.8) is 0 Å². The number of piperazine rings is 1. The number of fused-ring (bicyclic) bond motifs is 1. The molecule has 8 heteroatoms. The highest BCUT2D eigenvalue weighted by Crippen LogP contribution is 2.20. The minimum atomic E-state index is 0.0511. The maximum absolute atomic E-state index is 13.1. The first-order chi connectivity index (χ1) is 14.5. The van der Waals surface area contributed by atoms with Crippen LogP contribution in [0, 0.1) is 0 Å². The molecule has 2 aliphatic heterocycles. The fourth-order valence-corrected chi connectivity index (χ4v) is 4.33. The van der Waals surface area contributed by atoms with E-state index in [-0.39, 0.29) is 17.9 Å². The average molecular weight is 413 g/mol. The summed E-state index contributed by atoms with van der Waals surface area (Å²) in [6.07, 6.45) is 4.13. The zero-order valence-electron chi connectivity index (χ0n) is 18.0. The lowest BCUT2D eigenvalue weighted by molar-refractivity contribution is -0.123. The van der Waals surface area contributed by atoms with Crippen LogP contribution in [0.5, 0.6) is 0 Å². The molecule has 30 heavy (non-hydrogen) atoms. The summed E-state index contributed by atoms with van der Waals surface area (Å²) in [5, 5.41) is 2.96. The Bertz CT molecular complexity index is 894. The molecule has 162 valence electrons. The van der Waals surface area contributed by atoms with Gasteiger partial charge >= 0.3 is 0 Å². The van der Waals surface area contributed by atoms with Crippen LogP contribution >= 0.6 is 0 Å². The summed E-state index contributed by atoms with van der Waals surface area (Å²) in [7, 11) is 0. The van der Waals surface area contributed by atoms with Crippen LogP contribution in [0.1, 0.15) is 42.9 Å². The Kier molecular flexibility index (Phi) is 6.34. The maximum Gasteiger partial charge on any atom is 0.274 e. The third kappa shape index (κ3) is 4.65. The van der Waals surface area contributed by atoms with Crippen molar-refractivity contribution in [1.82, 2.24) is 29.4 Å². The minimum absolute atomic E-state index is 0.0511. The molecule has 1 N–H and O–H groups in total. The molecule has 0 saturated carbocycles. The highest BCUT2D eigenvalue weighted by atomic mass is 16.2. The number of rotatable bonds is 6. The lowest BCUT2D eigenvalue weighted by Crippen LogP contribution is -2.49. The Hall–Kier alpha value is -2.45. The zero-order chi connectivity index (χ0) is 21.1. The van der Waals surface area contributed by atoms with E-state index in [2.05, 4.69) is 20.1 Å². The first kappa shape index (κ1) is 20.8. The Balaban J connectivity index is 1.44. The summed E-state index contributed by atoms with van der Waals surface area (Å²) in [5.74, 6) is 0.133. The predicted molar refractivity (Wildman–Crippen MR) is 115 cm³/mol. The second-order valence-electron chi connectivity index (χ2n) is 8.61. The van der Waals surface area contributed by atoms with Crippen LogP contribution in [0.2, 0.25) is 0 Å². The summed E-state index contributed by atoms with van der Waals surface area (Å²) in [6.45, 7) is 10.2. The van der Waals surface area contributed by atoms with Crippen molar-refractivity contribution in [3.05, 3.63) is 35.8 Å². The second kappa shape index (κ2) is 9.14. The molecule has 4 rings (SSSR count). The molecule has 2 aromatic rings. The number of likely N-dealkylation sites (tertiary alicyclic amines) is 1. The van der Waals surface area contributed by atoms with Crippen molar-refractivity contribution < 1.29 is 9.59 Å². The fourth-order valence-electron chi connectivity index (χ4n) is 4.33. The van der Waals surface area contributed by atoms with Gasteiger partial charge in [-0.3, -0.25) is 19.4 Å². The Morgan fingerprint density at radius 1 is 1.03 bits per heavy atom. The van der Waals surface area contributed by atoms with Crippen molar-refractivity contribution in [3.8, 4) is 0 Å². The highest BCUT2D eigenvalue weighted by Gasteiger charge is 2.28. The maximum atomic E-state index is 13.1. The van der Waals surface area contributed by atoms with Crippen LogP contribution in [-0.4, -0.2) is 87.8 Å². The van der Waals surface area contributed by atoms with Gasteiger partial charge in [-0.05, 0) is 38.8 Å². The minimum Gasteiger partial charge on any atom is -0.353 e. The molecular formula is C22H32N6O2. The second-order valence-corrected chi connectivity index (χ2v) is 8.61. The van der Waals surface area contributed by atoms with Gasteiger partial charge in [0.2, 0.25) is 5.91 Å². The van der Waals surface area contributed by atoms with Crippen LogP contribution in [0.3, 0.4) is 0 Å². The molecule has 2 aliphatic rings. The molecule has 8 nitrogen and oxygen atoms in total. The number of nitrogens with one attached hydrogen (secondary N) is 1. The summed E-state index contributed by atoms with van der Waals surface area (Å²) in [6, 6.07) is 6.06. The standard InChI is InChI=1S/C22H32N6O2/c1-17(2)23-20(29)16-26-13-11-25(12-14-26)15-18-21(22(30)27-8-5-6-9-27)24-19-7-3-4-10-28(18)19/h3-4,7,10,17H,5-6,8-9,11-16H2,1-2H3,(H,23,29). The molecule has 0 spiro atoms. The number of carbonyl (C=O) groups is 2. The number of hydrogen-bond donors (Lipinski definition) is 1. The Morgan fingerprint density at radius 3 is 2.43 bits per heavy atom. The molecule has 0 radical (unpaired) electrons. The van der Waals surface area contributed by atoms with E-state index in [9.17, 15) is 9.59 Å². The highest BCUT2D eigenvalue weighted by molar-refractivity contribution is 5.94. The third-order valence-electron chi connectivity index (χ3n) is 5.88. The molecule has 0 atom stereocenters. The molecular weight excluding hydrogens is 380 g/mol. The van der Waals surface area contributed by atoms with Gasteiger partial charge in [0.25, 0.3) is 5.91 Å². The van der Waals surface area contributed by atoms with E-state index < -0.39 is 0 Å². The summed E-state index contributed by atoms with van der Waals surface area (Å²) >= 11 is 0.